The van der Waals surface area contributed by atoms with Crippen LogP contribution in [0.5, 0.6) is 0 Å². The maximum Gasteiger partial charge on any atom is 0.0428 e. The van der Waals surface area contributed by atoms with Gasteiger partial charge in [-0.1, -0.05) is 28.1 Å². The standard InChI is InChI=1S/C13H19BrN2/c1-4-8-16(5-2)13-9-11(14)6-7-12(13)10(3)15/h4,6-7,9-10H,1,5,8,15H2,2-3H3. The second-order valence-corrected chi connectivity index (χ2v) is 4.73. The first kappa shape index (κ1) is 13.3. The van der Waals surface area contributed by atoms with Crippen LogP contribution in [0.3, 0.4) is 0 Å². The van der Waals surface area contributed by atoms with Crippen molar-refractivity contribution < 1.29 is 0 Å². The maximum atomic E-state index is 5.99. The SMILES string of the molecule is C=CCN(CC)c1cc(Br)ccc1C(C)N. The summed E-state index contributed by atoms with van der Waals surface area (Å²) >= 11 is 3.50. The van der Waals surface area contributed by atoms with Gasteiger partial charge in [0.15, 0.2) is 0 Å². The van der Waals surface area contributed by atoms with Crippen LogP contribution < -0.4 is 10.6 Å². The molecule has 0 saturated heterocycles. The molecule has 88 valence electrons. The molecule has 0 aliphatic carbocycles. The van der Waals surface area contributed by atoms with E-state index >= 15 is 0 Å². The molecule has 0 amide bonds. The van der Waals surface area contributed by atoms with Gasteiger partial charge in [0.25, 0.3) is 0 Å². The fraction of sp³-hybridized carbons (Fsp3) is 0.385. The second-order valence-electron chi connectivity index (χ2n) is 3.82. The van der Waals surface area contributed by atoms with E-state index in [1.807, 2.05) is 19.1 Å². The van der Waals surface area contributed by atoms with Crippen LogP contribution in [0.15, 0.2) is 35.3 Å². The smallest absolute Gasteiger partial charge is 0.0428 e. The Bertz CT molecular complexity index is 361. The number of rotatable bonds is 5. The minimum atomic E-state index is 0.0435. The second kappa shape index (κ2) is 6.06. The van der Waals surface area contributed by atoms with Crippen LogP contribution >= 0.6 is 15.9 Å². The van der Waals surface area contributed by atoms with Crippen LogP contribution in [0.1, 0.15) is 25.5 Å². The lowest BCUT2D eigenvalue weighted by Gasteiger charge is -2.26. The third kappa shape index (κ3) is 3.09. The average Bonchev–Trinajstić information content (AvgIpc) is 2.25. The number of anilines is 1. The zero-order valence-corrected chi connectivity index (χ0v) is 11.5. The van der Waals surface area contributed by atoms with Crippen molar-refractivity contribution in [1.82, 2.24) is 0 Å². The highest BCUT2D eigenvalue weighted by Gasteiger charge is 2.11. The summed E-state index contributed by atoms with van der Waals surface area (Å²) in [6.07, 6.45) is 1.91. The van der Waals surface area contributed by atoms with Gasteiger partial charge in [0.2, 0.25) is 0 Å². The molecule has 0 radical (unpaired) electrons. The van der Waals surface area contributed by atoms with E-state index in [1.165, 1.54) is 11.3 Å². The summed E-state index contributed by atoms with van der Waals surface area (Å²) in [4.78, 5) is 2.26. The number of nitrogens with zero attached hydrogens (tertiary/aromatic N) is 1. The molecule has 1 atom stereocenters. The molecule has 0 aliphatic rings. The van der Waals surface area contributed by atoms with Crippen molar-refractivity contribution >= 4 is 21.6 Å². The molecule has 1 aromatic rings. The van der Waals surface area contributed by atoms with Gasteiger partial charge in [0.1, 0.15) is 0 Å². The molecule has 0 aromatic heterocycles. The van der Waals surface area contributed by atoms with Crippen molar-refractivity contribution in [1.29, 1.82) is 0 Å². The molecule has 3 heteroatoms. The summed E-state index contributed by atoms with van der Waals surface area (Å²) in [5.74, 6) is 0. The van der Waals surface area contributed by atoms with E-state index in [0.717, 1.165) is 17.6 Å². The fourth-order valence-corrected chi connectivity index (χ4v) is 2.08. The highest BCUT2D eigenvalue weighted by atomic mass is 79.9. The molecule has 0 heterocycles. The Kier molecular flexibility index (Phi) is 5.03. The summed E-state index contributed by atoms with van der Waals surface area (Å²) in [5, 5.41) is 0. The number of halogens is 1. The average molecular weight is 283 g/mol. The molecule has 1 unspecified atom stereocenters. The molecular weight excluding hydrogens is 264 g/mol. The van der Waals surface area contributed by atoms with Gasteiger partial charge in [-0.25, -0.2) is 0 Å². The van der Waals surface area contributed by atoms with E-state index in [4.69, 9.17) is 5.73 Å². The maximum absolute atomic E-state index is 5.99. The first-order valence-corrected chi connectivity index (χ1v) is 6.30. The molecule has 2 N–H and O–H groups in total. The van der Waals surface area contributed by atoms with E-state index in [-0.39, 0.29) is 6.04 Å². The van der Waals surface area contributed by atoms with Crippen molar-refractivity contribution in [3.05, 3.63) is 40.9 Å². The Hall–Kier alpha value is -0.800. The Labute approximate surface area is 106 Å². The monoisotopic (exact) mass is 282 g/mol. The highest BCUT2D eigenvalue weighted by Crippen LogP contribution is 2.28. The fourth-order valence-electron chi connectivity index (χ4n) is 1.73. The number of hydrogen-bond donors (Lipinski definition) is 1. The van der Waals surface area contributed by atoms with E-state index < -0.39 is 0 Å². The molecule has 16 heavy (non-hydrogen) atoms. The Morgan fingerprint density at radius 3 is 2.75 bits per heavy atom. The number of benzene rings is 1. The summed E-state index contributed by atoms with van der Waals surface area (Å²) < 4.78 is 1.08. The normalized spacial score (nSPS) is 12.2. The Morgan fingerprint density at radius 1 is 1.56 bits per heavy atom. The number of nitrogens with two attached hydrogens (primary N) is 1. The molecule has 2 nitrogen and oxygen atoms in total. The summed E-state index contributed by atoms with van der Waals surface area (Å²) in [6.45, 7) is 9.72. The van der Waals surface area contributed by atoms with Crippen LogP contribution in [0, 0.1) is 0 Å². The minimum Gasteiger partial charge on any atom is -0.368 e. The largest absolute Gasteiger partial charge is 0.368 e. The van der Waals surface area contributed by atoms with Crippen molar-refractivity contribution in [2.45, 2.75) is 19.9 Å². The summed E-state index contributed by atoms with van der Waals surface area (Å²) in [7, 11) is 0. The molecule has 0 saturated carbocycles. The topological polar surface area (TPSA) is 29.3 Å². The Balaban J connectivity index is 3.16. The quantitative estimate of drug-likeness (QED) is 0.838. The molecule has 0 aliphatic heterocycles. The van der Waals surface area contributed by atoms with Crippen molar-refractivity contribution in [3.8, 4) is 0 Å². The first-order chi connectivity index (χ1) is 7.60. The van der Waals surface area contributed by atoms with Crippen molar-refractivity contribution in [2.75, 3.05) is 18.0 Å². The van der Waals surface area contributed by atoms with E-state index in [2.05, 4.69) is 46.5 Å². The number of likely N-dealkylation sites (N-methyl/N-ethyl adjacent to an activating group) is 1. The van der Waals surface area contributed by atoms with E-state index in [0.29, 0.717) is 0 Å². The lowest BCUT2D eigenvalue weighted by molar-refractivity contribution is 0.798. The number of hydrogen-bond acceptors (Lipinski definition) is 2. The van der Waals surface area contributed by atoms with Crippen LogP contribution in [-0.2, 0) is 0 Å². The molecule has 0 fully saturated rings. The van der Waals surface area contributed by atoms with Crippen LogP contribution in [0.4, 0.5) is 5.69 Å². The van der Waals surface area contributed by atoms with Gasteiger partial charge in [0.05, 0.1) is 0 Å². The van der Waals surface area contributed by atoms with Gasteiger partial charge in [-0.15, -0.1) is 6.58 Å². The first-order valence-electron chi connectivity index (χ1n) is 5.51. The van der Waals surface area contributed by atoms with Gasteiger partial charge < -0.3 is 10.6 Å². The summed E-state index contributed by atoms with van der Waals surface area (Å²) in [5.41, 5.74) is 8.35. The molecular formula is C13H19BrN2. The summed E-state index contributed by atoms with van der Waals surface area (Å²) in [6, 6.07) is 6.27. The molecule has 1 rings (SSSR count). The van der Waals surface area contributed by atoms with Gasteiger partial charge >= 0.3 is 0 Å². The van der Waals surface area contributed by atoms with Crippen LogP contribution in [0.2, 0.25) is 0 Å². The van der Waals surface area contributed by atoms with Crippen LogP contribution in [0.25, 0.3) is 0 Å². The van der Waals surface area contributed by atoms with E-state index in [9.17, 15) is 0 Å². The van der Waals surface area contributed by atoms with E-state index in [1.54, 1.807) is 0 Å². The zero-order chi connectivity index (χ0) is 12.1. The highest BCUT2D eigenvalue weighted by molar-refractivity contribution is 9.10. The third-order valence-corrected chi connectivity index (χ3v) is 3.05. The van der Waals surface area contributed by atoms with Gasteiger partial charge in [-0.05, 0) is 31.5 Å². The molecule has 0 spiro atoms. The predicted octanol–water partition coefficient (Wildman–Crippen LogP) is 3.48. The molecule has 0 bridgehead atoms. The van der Waals surface area contributed by atoms with Crippen molar-refractivity contribution in [2.24, 2.45) is 5.73 Å². The molecule has 1 aromatic carbocycles. The van der Waals surface area contributed by atoms with Gasteiger partial charge in [-0.3, -0.25) is 0 Å². The third-order valence-electron chi connectivity index (χ3n) is 2.55. The van der Waals surface area contributed by atoms with Crippen LogP contribution in [-0.4, -0.2) is 13.1 Å². The Morgan fingerprint density at radius 2 is 2.25 bits per heavy atom. The predicted molar refractivity (Wildman–Crippen MR) is 74.8 cm³/mol. The minimum absolute atomic E-state index is 0.0435. The van der Waals surface area contributed by atoms with Gasteiger partial charge in [-0.2, -0.15) is 0 Å². The zero-order valence-electron chi connectivity index (χ0n) is 9.91. The van der Waals surface area contributed by atoms with Crippen molar-refractivity contribution in [3.63, 3.8) is 0 Å². The lowest BCUT2D eigenvalue weighted by atomic mass is 10.1. The lowest BCUT2D eigenvalue weighted by Crippen LogP contribution is -2.25. The van der Waals surface area contributed by atoms with Gasteiger partial charge in [0, 0.05) is 29.3 Å².